The van der Waals surface area contributed by atoms with Crippen molar-refractivity contribution in [2.24, 2.45) is 0 Å². The molecule has 0 aliphatic rings. The van der Waals surface area contributed by atoms with E-state index in [1.165, 1.54) is 6.08 Å². The molecule has 154 valence electrons. The SMILES string of the molecule is COc1cc(C)c(NC(=O)/C=C/c2ccc(OCc3ccccc3)cc2)cc1OC. The predicted octanol–water partition coefficient (Wildman–Crippen LogP) is 5.24. The minimum absolute atomic E-state index is 0.227. The van der Waals surface area contributed by atoms with Crippen molar-refractivity contribution in [3.63, 3.8) is 0 Å². The molecule has 3 aromatic carbocycles. The van der Waals surface area contributed by atoms with E-state index in [-0.39, 0.29) is 5.91 Å². The third-order valence-corrected chi connectivity index (χ3v) is 4.54. The van der Waals surface area contributed by atoms with Gasteiger partial charge in [-0.05, 0) is 47.9 Å². The molecule has 1 amide bonds. The van der Waals surface area contributed by atoms with Gasteiger partial charge in [-0.25, -0.2) is 0 Å². The van der Waals surface area contributed by atoms with Crippen LogP contribution in [-0.2, 0) is 11.4 Å². The molecule has 0 bridgehead atoms. The average molecular weight is 403 g/mol. The average Bonchev–Trinajstić information content (AvgIpc) is 2.78. The van der Waals surface area contributed by atoms with Gasteiger partial charge in [0.15, 0.2) is 11.5 Å². The number of ether oxygens (including phenoxy) is 3. The standard InChI is InChI=1S/C25H25NO4/c1-18-15-23(28-2)24(29-3)16-22(18)26-25(27)14-11-19-9-12-21(13-10-19)30-17-20-7-5-4-6-8-20/h4-16H,17H2,1-3H3,(H,26,27)/b14-11+. The van der Waals surface area contributed by atoms with Crippen LogP contribution < -0.4 is 19.5 Å². The van der Waals surface area contributed by atoms with Gasteiger partial charge in [0.25, 0.3) is 0 Å². The lowest BCUT2D eigenvalue weighted by Gasteiger charge is -2.12. The fourth-order valence-electron chi connectivity index (χ4n) is 2.88. The van der Waals surface area contributed by atoms with Crippen molar-refractivity contribution in [1.29, 1.82) is 0 Å². The number of hydrogen-bond donors (Lipinski definition) is 1. The largest absolute Gasteiger partial charge is 0.493 e. The van der Waals surface area contributed by atoms with Crippen LogP contribution in [0.1, 0.15) is 16.7 Å². The molecular formula is C25H25NO4. The molecule has 5 nitrogen and oxygen atoms in total. The highest BCUT2D eigenvalue weighted by atomic mass is 16.5. The van der Waals surface area contributed by atoms with Gasteiger partial charge in [0.2, 0.25) is 5.91 Å². The number of rotatable bonds is 8. The molecule has 0 heterocycles. The molecule has 5 heteroatoms. The summed E-state index contributed by atoms with van der Waals surface area (Å²) in [4.78, 5) is 12.3. The number of nitrogens with one attached hydrogen (secondary N) is 1. The maximum Gasteiger partial charge on any atom is 0.248 e. The van der Waals surface area contributed by atoms with Gasteiger partial charge in [-0.1, -0.05) is 42.5 Å². The summed E-state index contributed by atoms with van der Waals surface area (Å²) in [6.07, 6.45) is 3.25. The highest BCUT2D eigenvalue weighted by molar-refractivity contribution is 6.02. The van der Waals surface area contributed by atoms with Gasteiger partial charge in [-0.15, -0.1) is 0 Å². The minimum Gasteiger partial charge on any atom is -0.493 e. The molecule has 0 aliphatic heterocycles. The summed E-state index contributed by atoms with van der Waals surface area (Å²) >= 11 is 0. The number of anilines is 1. The first-order chi connectivity index (χ1) is 14.6. The van der Waals surface area contributed by atoms with Crippen molar-refractivity contribution < 1.29 is 19.0 Å². The summed E-state index contributed by atoms with van der Waals surface area (Å²) in [5.41, 5.74) is 3.58. The molecular weight excluding hydrogens is 378 g/mol. The van der Waals surface area contributed by atoms with Gasteiger partial charge in [0.05, 0.1) is 14.2 Å². The molecule has 3 rings (SSSR count). The molecule has 0 saturated carbocycles. The van der Waals surface area contributed by atoms with Gasteiger partial charge in [0.1, 0.15) is 12.4 Å². The van der Waals surface area contributed by atoms with E-state index in [2.05, 4.69) is 5.32 Å². The van der Waals surface area contributed by atoms with Crippen LogP contribution in [0.3, 0.4) is 0 Å². The molecule has 0 fully saturated rings. The van der Waals surface area contributed by atoms with E-state index in [0.29, 0.717) is 23.8 Å². The summed E-state index contributed by atoms with van der Waals surface area (Å²) in [7, 11) is 3.14. The molecule has 0 unspecified atom stereocenters. The zero-order valence-corrected chi connectivity index (χ0v) is 17.3. The Bertz CT molecular complexity index is 1010. The van der Waals surface area contributed by atoms with Crippen molar-refractivity contribution in [3.8, 4) is 17.2 Å². The molecule has 0 saturated heterocycles. The minimum atomic E-state index is -0.227. The van der Waals surface area contributed by atoms with Crippen LogP contribution in [0.5, 0.6) is 17.2 Å². The zero-order valence-electron chi connectivity index (χ0n) is 17.3. The lowest BCUT2D eigenvalue weighted by molar-refractivity contribution is -0.111. The number of amides is 1. The number of methoxy groups -OCH3 is 2. The summed E-state index contributed by atoms with van der Waals surface area (Å²) in [5.74, 6) is 1.74. The van der Waals surface area contributed by atoms with E-state index in [1.807, 2.05) is 67.6 Å². The monoisotopic (exact) mass is 403 g/mol. The molecule has 30 heavy (non-hydrogen) atoms. The molecule has 0 radical (unpaired) electrons. The lowest BCUT2D eigenvalue weighted by atomic mass is 10.1. The van der Waals surface area contributed by atoms with Crippen LogP contribution in [0.2, 0.25) is 0 Å². The van der Waals surface area contributed by atoms with Crippen LogP contribution in [0.4, 0.5) is 5.69 Å². The fourth-order valence-corrected chi connectivity index (χ4v) is 2.88. The Labute approximate surface area is 176 Å². The molecule has 0 aliphatic carbocycles. The van der Waals surface area contributed by atoms with Gasteiger partial charge in [0, 0.05) is 17.8 Å². The van der Waals surface area contributed by atoms with Crippen LogP contribution in [0, 0.1) is 6.92 Å². The van der Waals surface area contributed by atoms with E-state index >= 15 is 0 Å². The quantitative estimate of drug-likeness (QED) is 0.523. The Morgan fingerprint density at radius 1 is 0.933 bits per heavy atom. The van der Waals surface area contributed by atoms with Crippen molar-refractivity contribution in [2.45, 2.75) is 13.5 Å². The van der Waals surface area contributed by atoms with Gasteiger partial charge in [-0.2, -0.15) is 0 Å². The van der Waals surface area contributed by atoms with E-state index in [4.69, 9.17) is 14.2 Å². The Balaban J connectivity index is 1.58. The Kier molecular flexibility index (Phi) is 7.11. The van der Waals surface area contributed by atoms with Crippen LogP contribution in [-0.4, -0.2) is 20.1 Å². The summed E-state index contributed by atoms with van der Waals surface area (Å²) in [6.45, 7) is 2.42. The van der Waals surface area contributed by atoms with E-state index in [0.717, 1.165) is 22.4 Å². The highest BCUT2D eigenvalue weighted by Gasteiger charge is 2.09. The maximum absolute atomic E-state index is 12.3. The van der Waals surface area contributed by atoms with Crippen LogP contribution >= 0.6 is 0 Å². The summed E-state index contributed by atoms with van der Waals surface area (Å²) in [5, 5.41) is 2.87. The van der Waals surface area contributed by atoms with Gasteiger partial charge in [-0.3, -0.25) is 4.79 Å². The first-order valence-electron chi connectivity index (χ1n) is 9.57. The van der Waals surface area contributed by atoms with Gasteiger partial charge >= 0.3 is 0 Å². The van der Waals surface area contributed by atoms with Crippen LogP contribution in [0.15, 0.2) is 72.8 Å². The normalized spacial score (nSPS) is 10.6. The third-order valence-electron chi connectivity index (χ3n) is 4.54. The second-order valence-corrected chi connectivity index (χ2v) is 6.69. The van der Waals surface area contributed by atoms with E-state index in [9.17, 15) is 4.79 Å². The first kappa shape index (κ1) is 21.0. The smallest absolute Gasteiger partial charge is 0.248 e. The zero-order chi connectivity index (χ0) is 21.3. The Morgan fingerprint density at radius 3 is 2.27 bits per heavy atom. The maximum atomic E-state index is 12.3. The number of carbonyl (C=O) groups is 1. The highest BCUT2D eigenvalue weighted by Crippen LogP contribution is 2.32. The molecule has 0 atom stereocenters. The summed E-state index contributed by atoms with van der Waals surface area (Å²) in [6, 6.07) is 21.2. The van der Waals surface area contributed by atoms with E-state index < -0.39 is 0 Å². The van der Waals surface area contributed by atoms with Crippen molar-refractivity contribution >= 4 is 17.7 Å². The first-order valence-corrected chi connectivity index (χ1v) is 9.57. The third kappa shape index (κ3) is 5.64. The Hall–Kier alpha value is -3.73. The van der Waals surface area contributed by atoms with Crippen molar-refractivity contribution in [1.82, 2.24) is 0 Å². The van der Waals surface area contributed by atoms with E-state index in [1.54, 1.807) is 26.4 Å². The number of aryl methyl sites for hydroxylation is 1. The molecule has 1 N–H and O–H groups in total. The molecule has 0 aromatic heterocycles. The van der Waals surface area contributed by atoms with Crippen molar-refractivity contribution in [2.75, 3.05) is 19.5 Å². The molecule has 0 spiro atoms. The second-order valence-electron chi connectivity index (χ2n) is 6.69. The molecule has 3 aromatic rings. The lowest BCUT2D eigenvalue weighted by Crippen LogP contribution is -2.09. The van der Waals surface area contributed by atoms with Gasteiger partial charge < -0.3 is 19.5 Å². The van der Waals surface area contributed by atoms with Crippen LogP contribution in [0.25, 0.3) is 6.08 Å². The predicted molar refractivity (Wildman–Crippen MR) is 119 cm³/mol. The number of benzene rings is 3. The van der Waals surface area contributed by atoms with Crippen molar-refractivity contribution in [3.05, 3.63) is 89.5 Å². The number of hydrogen-bond acceptors (Lipinski definition) is 4. The number of carbonyl (C=O) groups excluding carboxylic acids is 1. The second kappa shape index (κ2) is 10.2. The Morgan fingerprint density at radius 2 is 1.60 bits per heavy atom. The topological polar surface area (TPSA) is 56.8 Å². The fraction of sp³-hybridized carbons (Fsp3) is 0.160. The summed E-state index contributed by atoms with van der Waals surface area (Å²) < 4.78 is 16.3.